The fourth-order valence-corrected chi connectivity index (χ4v) is 2.45. The molecule has 0 radical (unpaired) electrons. The minimum atomic E-state index is 0.646. The lowest BCUT2D eigenvalue weighted by Crippen LogP contribution is -2.32. The van der Waals surface area contributed by atoms with Crippen LogP contribution in [-0.4, -0.2) is 30.6 Å². The van der Waals surface area contributed by atoms with Crippen molar-refractivity contribution in [2.75, 3.05) is 19.6 Å². The SMILES string of the molecule is CC#CCCNC1CCN(Cc2ccccc2)C1. The highest BCUT2D eigenvalue weighted by atomic mass is 15.2. The summed E-state index contributed by atoms with van der Waals surface area (Å²) in [7, 11) is 0. The van der Waals surface area contributed by atoms with Crippen molar-refractivity contribution in [3.8, 4) is 11.8 Å². The second-order valence-corrected chi connectivity index (χ2v) is 4.84. The molecule has 2 rings (SSSR count). The zero-order valence-electron chi connectivity index (χ0n) is 11.2. The quantitative estimate of drug-likeness (QED) is 0.629. The summed E-state index contributed by atoms with van der Waals surface area (Å²) in [5.41, 5.74) is 1.41. The van der Waals surface area contributed by atoms with Gasteiger partial charge in [0.2, 0.25) is 0 Å². The van der Waals surface area contributed by atoms with Gasteiger partial charge in [-0.25, -0.2) is 0 Å². The molecule has 1 aromatic rings. The van der Waals surface area contributed by atoms with Crippen LogP contribution in [0.5, 0.6) is 0 Å². The first-order valence-electron chi connectivity index (χ1n) is 6.78. The third kappa shape index (κ3) is 4.18. The molecule has 96 valence electrons. The highest BCUT2D eigenvalue weighted by Crippen LogP contribution is 2.13. The van der Waals surface area contributed by atoms with E-state index in [9.17, 15) is 0 Å². The predicted octanol–water partition coefficient (Wildman–Crippen LogP) is 2.26. The van der Waals surface area contributed by atoms with Crippen molar-refractivity contribution in [1.29, 1.82) is 0 Å². The molecule has 0 aromatic heterocycles. The van der Waals surface area contributed by atoms with E-state index in [-0.39, 0.29) is 0 Å². The molecular weight excluding hydrogens is 220 g/mol. The summed E-state index contributed by atoms with van der Waals surface area (Å²) in [6.45, 7) is 6.36. The largest absolute Gasteiger partial charge is 0.312 e. The Balaban J connectivity index is 1.69. The normalized spacial score (nSPS) is 19.5. The van der Waals surface area contributed by atoms with E-state index in [2.05, 4.69) is 52.4 Å². The van der Waals surface area contributed by atoms with Gasteiger partial charge in [-0.05, 0) is 18.9 Å². The van der Waals surface area contributed by atoms with Gasteiger partial charge in [0.1, 0.15) is 0 Å². The molecule has 2 nitrogen and oxygen atoms in total. The van der Waals surface area contributed by atoms with Crippen molar-refractivity contribution < 1.29 is 0 Å². The van der Waals surface area contributed by atoms with Crippen LogP contribution in [0.4, 0.5) is 0 Å². The zero-order chi connectivity index (χ0) is 12.6. The number of hydrogen-bond acceptors (Lipinski definition) is 2. The Morgan fingerprint density at radius 1 is 1.33 bits per heavy atom. The van der Waals surface area contributed by atoms with Gasteiger partial charge in [-0.15, -0.1) is 11.8 Å². The maximum absolute atomic E-state index is 3.59. The van der Waals surface area contributed by atoms with E-state index in [0.717, 1.165) is 26.1 Å². The minimum absolute atomic E-state index is 0.646. The zero-order valence-corrected chi connectivity index (χ0v) is 11.2. The molecule has 1 unspecified atom stereocenters. The fourth-order valence-electron chi connectivity index (χ4n) is 2.45. The lowest BCUT2D eigenvalue weighted by molar-refractivity contribution is 0.320. The first-order valence-corrected chi connectivity index (χ1v) is 6.78. The summed E-state index contributed by atoms with van der Waals surface area (Å²) < 4.78 is 0. The fraction of sp³-hybridized carbons (Fsp3) is 0.500. The molecule has 1 aliphatic heterocycles. The summed E-state index contributed by atoms with van der Waals surface area (Å²) in [6.07, 6.45) is 2.22. The Labute approximate surface area is 110 Å². The third-order valence-electron chi connectivity index (χ3n) is 3.38. The molecule has 18 heavy (non-hydrogen) atoms. The maximum atomic E-state index is 3.59. The van der Waals surface area contributed by atoms with E-state index in [4.69, 9.17) is 0 Å². The second kappa shape index (κ2) is 7.20. The number of likely N-dealkylation sites (tertiary alicyclic amines) is 1. The van der Waals surface area contributed by atoms with Crippen LogP contribution in [0, 0.1) is 11.8 Å². The summed E-state index contributed by atoms with van der Waals surface area (Å²) >= 11 is 0. The van der Waals surface area contributed by atoms with Crippen LogP contribution in [0.2, 0.25) is 0 Å². The van der Waals surface area contributed by atoms with E-state index in [1.54, 1.807) is 0 Å². The maximum Gasteiger partial charge on any atom is 0.0234 e. The van der Waals surface area contributed by atoms with Gasteiger partial charge in [-0.2, -0.15) is 0 Å². The van der Waals surface area contributed by atoms with Crippen LogP contribution in [0.3, 0.4) is 0 Å². The molecule has 0 bridgehead atoms. The van der Waals surface area contributed by atoms with Crippen molar-refractivity contribution in [2.45, 2.75) is 32.4 Å². The Bertz CT molecular complexity index is 402. The van der Waals surface area contributed by atoms with E-state index >= 15 is 0 Å². The van der Waals surface area contributed by atoms with Gasteiger partial charge in [0.25, 0.3) is 0 Å². The monoisotopic (exact) mass is 242 g/mol. The number of nitrogens with zero attached hydrogens (tertiary/aromatic N) is 1. The molecule has 1 fully saturated rings. The number of benzene rings is 1. The van der Waals surface area contributed by atoms with Crippen LogP contribution in [0.25, 0.3) is 0 Å². The molecule has 1 atom stereocenters. The van der Waals surface area contributed by atoms with E-state index < -0.39 is 0 Å². The van der Waals surface area contributed by atoms with Crippen LogP contribution in [-0.2, 0) is 6.54 Å². The lowest BCUT2D eigenvalue weighted by atomic mass is 10.2. The van der Waals surface area contributed by atoms with Crippen molar-refractivity contribution in [1.82, 2.24) is 10.2 Å². The molecule has 0 aliphatic carbocycles. The lowest BCUT2D eigenvalue weighted by Gasteiger charge is -2.16. The summed E-state index contributed by atoms with van der Waals surface area (Å²) in [5.74, 6) is 6.03. The average Bonchev–Trinajstić information content (AvgIpc) is 2.84. The highest BCUT2D eigenvalue weighted by Gasteiger charge is 2.21. The number of nitrogens with one attached hydrogen (secondary N) is 1. The summed E-state index contributed by atoms with van der Waals surface area (Å²) in [5, 5.41) is 3.59. The topological polar surface area (TPSA) is 15.3 Å². The molecular formula is C16H22N2. The van der Waals surface area contributed by atoms with E-state index in [1.165, 1.54) is 18.5 Å². The predicted molar refractivity (Wildman–Crippen MR) is 76.2 cm³/mol. The average molecular weight is 242 g/mol. The molecule has 1 aliphatic rings. The van der Waals surface area contributed by atoms with Crippen molar-refractivity contribution in [3.05, 3.63) is 35.9 Å². The number of hydrogen-bond donors (Lipinski definition) is 1. The molecule has 0 saturated carbocycles. The van der Waals surface area contributed by atoms with Gasteiger partial charge < -0.3 is 5.32 Å². The third-order valence-corrected chi connectivity index (χ3v) is 3.38. The first-order chi connectivity index (χ1) is 8.88. The molecule has 1 aromatic carbocycles. The molecule has 2 heteroatoms. The highest BCUT2D eigenvalue weighted by molar-refractivity contribution is 5.14. The Morgan fingerprint density at radius 3 is 2.94 bits per heavy atom. The van der Waals surface area contributed by atoms with Gasteiger partial charge in [-0.1, -0.05) is 30.3 Å². The van der Waals surface area contributed by atoms with E-state index in [0.29, 0.717) is 6.04 Å². The van der Waals surface area contributed by atoms with Crippen molar-refractivity contribution in [3.63, 3.8) is 0 Å². The molecule has 1 heterocycles. The Hall–Kier alpha value is -1.30. The van der Waals surface area contributed by atoms with E-state index in [1.807, 2.05) is 6.92 Å². The van der Waals surface area contributed by atoms with Crippen LogP contribution in [0.15, 0.2) is 30.3 Å². The molecule has 0 spiro atoms. The van der Waals surface area contributed by atoms with Crippen LogP contribution < -0.4 is 5.32 Å². The van der Waals surface area contributed by atoms with Crippen LogP contribution in [0.1, 0.15) is 25.3 Å². The summed E-state index contributed by atoms with van der Waals surface area (Å²) in [4.78, 5) is 2.53. The summed E-state index contributed by atoms with van der Waals surface area (Å²) in [6, 6.07) is 11.4. The smallest absolute Gasteiger partial charge is 0.0234 e. The van der Waals surface area contributed by atoms with Crippen molar-refractivity contribution >= 4 is 0 Å². The van der Waals surface area contributed by atoms with Crippen LogP contribution >= 0.6 is 0 Å². The van der Waals surface area contributed by atoms with Gasteiger partial charge in [0.05, 0.1) is 0 Å². The van der Waals surface area contributed by atoms with Gasteiger partial charge in [0.15, 0.2) is 0 Å². The molecule has 1 N–H and O–H groups in total. The number of rotatable bonds is 5. The Morgan fingerprint density at radius 2 is 2.17 bits per heavy atom. The Kier molecular flexibility index (Phi) is 5.26. The minimum Gasteiger partial charge on any atom is -0.312 e. The van der Waals surface area contributed by atoms with Crippen molar-refractivity contribution in [2.24, 2.45) is 0 Å². The molecule has 0 amide bonds. The van der Waals surface area contributed by atoms with Gasteiger partial charge in [0, 0.05) is 38.6 Å². The second-order valence-electron chi connectivity index (χ2n) is 4.84. The first kappa shape index (κ1) is 13.1. The standard InChI is InChI=1S/C16H22N2/c1-2-3-7-11-17-16-10-12-18(14-16)13-15-8-5-4-6-9-15/h4-6,8-9,16-17H,7,10-14H2,1H3. The molecule has 1 saturated heterocycles. The van der Waals surface area contributed by atoms with Gasteiger partial charge >= 0.3 is 0 Å². The van der Waals surface area contributed by atoms with Gasteiger partial charge in [-0.3, -0.25) is 4.90 Å².